The van der Waals surface area contributed by atoms with E-state index in [2.05, 4.69) is 4.98 Å². The number of amides is 1. The smallest absolute Gasteiger partial charge is 0.418 e. The summed E-state index contributed by atoms with van der Waals surface area (Å²) in [7, 11) is 1.29. The number of carbonyl (C=O) groups is 1. The maximum atomic E-state index is 12.9. The van der Waals surface area contributed by atoms with Crippen LogP contribution in [0.3, 0.4) is 0 Å². The fraction of sp³-hybridized carbons (Fsp3) is 0.625. The molecule has 1 fully saturated rings. The molecule has 2 rings (SSSR count). The molecule has 9 heteroatoms. The van der Waals surface area contributed by atoms with Gasteiger partial charge >= 0.3 is 12.3 Å². The van der Waals surface area contributed by atoms with Crippen LogP contribution in [0.25, 0.3) is 0 Å². The van der Waals surface area contributed by atoms with Gasteiger partial charge < -0.3 is 19.6 Å². The first-order valence-corrected chi connectivity index (χ1v) is 7.81. The number of carboxylic acid groups (broad SMARTS) is 1. The lowest BCUT2D eigenvalue weighted by atomic mass is 9.84. The summed E-state index contributed by atoms with van der Waals surface area (Å²) in [6.07, 6.45) is -4.74. The van der Waals surface area contributed by atoms with Crippen LogP contribution in [0, 0.1) is 5.41 Å². The van der Waals surface area contributed by atoms with Crippen LogP contribution >= 0.6 is 0 Å². The van der Waals surface area contributed by atoms with Gasteiger partial charge in [0.2, 0.25) is 0 Å². The number of ether oxygens (including phenoxy) is 1. The van der Waals surface area contributed by atoms with Crippen LogP contribution in [-0.4, -0.2) is 53.9 Å². The van der Waals surface area contributed by atoms with Crippen molar-refractivity contribution in [2.75, 3.05) is 31.6 Å². The molecule has 1 aromatic heterocycles. The Hall–Kier alpha value is -2.19. The van der Waals surface area contributed by atoms with Crippen LogP contribution in [0.15, 0.2) is 12.3 Å². The van der Waals surface area contributed by atoms with Gasteiger partial charge in [-0.3, -0.25) is 0 Å². The average Bonchev–Trinajstić information content (AvgIpc) is 2.51. The Morgan fingerprint density at radius 3 is 2.44 bits per heavy atom. The maximum Gasteiger partial charge on any atom is 0.418 e. The molecular weight excluding hydrogens is 339 g/mol. The van der Waals surface area contributed by atoms with E-state index in [4.69, 9.17) is 4.74 Å². The summed E-state index contributed by atoms with van der Waals surface area (Å²) in [6.45, 7) is 6.67. The molecule has 1 amide bonds. The van der Waals surface area contributed by atoms with Crippen LogP contribution < -0.4 is 9.64 Å². The number of hydrogen-bond donors (Lipinski definition) is 1. The molecular formula is C16H22F3N3O3. The molecule has 2 heterocycles. The molecule has 0 aromatic carbocycles. The number of aromatic nitrogens is 1. The number of alkyl halides is 3. The predicted octanol–water partition coefficient (Wildman–Crippen LogP) is 3.32. The van der Waals surface area contributed by atoms with Crippen molar-refractivity contribution >= 4 is 11.9 Å². The van der Waals surface area contributed by atoms with Gasteiger partial charge in [-0.1, -0.05) is 20.8 Å². The minimum absolute atomic E-state index is 0.0197. The van der Waals surface area contributed by atoms with Crippen molar-refractivity contribution in [3.8, 4) is 5.75 Å². The van der Waals surface area contributed by atoms with Crippen LogP contribution in [0.5, 0.6) is 5.75 Å². The number of halogens is 3. The molecule has 1 N–H and O–H groups in total. The lowest BCUT2D eigenvalue weighted by Gasteiger charge is -2.46. The second-order valence-electron chi connectivity index (χ2n) is 7.05. The van der Waals surface area contributed by atoms with Crippen LogP contribution in [0.1, 0.15) is 26.3 Å². The van der Waals surface area contributed by atoms with Gasteiger partial charge in [0.25, 0.3) is 0 Å². The van der Waals surface area contributed by atoms with Gasteiger partial charge in [-0.25, -0.2) is 9.78 Å². The number of methoxy groups -OCH3 is 1. The maximum absolute atomic E-state index is 12.9. The second kappa shape index (κ2) is 6.61. The number of piperazine rings is 1. The highest BCUT2D eigenvalue weighted by atomic mass is 19.4. The summed E-state index contributed by atoms with van der Waals surface area (Å²) >= 11 is 0. The van der Waals surface area contributed by atoms with Crippen molar-refractivity contribution in [1.29, 1.82) is 0 Å². The van der Waals surface area contributed by atoms with Gasteiger partial charge in [-0.2, -0.15) is 13.2 Å². The number of nitrogens with zero attached hydrogens (tertiary/aromatic N) is 3. The first kappa shape index (κ1) is 19.1. The summed E-state index contributed by atoms with van der Waals surface area (Å²) in [4.78, 5) is 18.6. The van der Waals surface area contributed by atoms with Crippen molar-refractivity contribution in [1.82, 2.24) is 9.88 Å². The van der Waals surface area contributed by atoms with Crippen molar-refractivity contribution in [3.63, 3.8) is 0 Å². The molecule has 1 atom stereocenters. The second-order valence-corrected chi connectivity index (χ2v) is 7.05. The molecule has 1 aromatic rings. The minimum Gasteiger partial charge on any atom is -0.493 e. The van der Waals surface area contributed by atoms with E-state index in [-0.39, 0.29) is 29.6 Å². The normalized spacial score (nSPS) is 19.1. The molecule has 0 saturated carbocycles. The molecule has 0 radical (unpaired) electrons. The first-order chi connectivity index (χ1) is 11.4. The Morgan fingerprint density at radius 1 is 1.32 bits per heavy atom. The largest absolute Gasteiger partial charge is 0.493 e. The molecule has 1 aliphatic rings. The standard InChI is InChI=1S/C16H22F3N3O3/c1-15(2,3)12-9-21(5-6-22(12)14(23)24)13-11(25-4)7-10(8-20-13)16(17,18)19/h7-8,12H,5-6,9H2,1-4H3,(H,23,24). The highest BCUT2D eigenvalue weighted by molar-refractivity contribution is 5.66. The Kier molecular flexibility index (Phi) is 5.06. The molecule has 0 bridgehead atoms. The zero-order valence-corrected chi connectivity index (χ0v) is 14.6. The third-order valence-corrected chi connectivity index (χ3v) is 4.31. The summed E-state index contributed by atoms with van der Waals surface area (Å²) in [5.74, 6) is 0.307. The predicted molar refractivity (Wildman–Crippen MR) is 86.0 cm³/mol. The van der Waals surface area contributed by atoms with E-state index in [9.17, 15) is 23.1 Å². The van der Waals surface area contributed by atoms with E-state index < -0.39 is 17.8 Å². The van der Waals surface area contributed by atoms with Crippen molar-refractivity contribution in [2.24, 2.45) is 5.41 Å². The average molecular weight is 361 g/mol. The van der Waals surface area contributed by atoms with E-state index in [0.29, 0.717) is 13.1 Å². The van der Waals surface area contributed by atoms with Crippen molar-refractivity contribution < 1.29 is 27.8 Å². The van der Waals surface area contributed by atoms with Crippen LogP contribution in [-0.2, 0) is 6.18 Å². The van der Waals surface area contributed by atoms with Crippen molar-refractivity contribution in [2.45, 2.75) is 33.0 Å². The van der Waals surface area contributed by atoms with Gasteiger partial charge in [0.05, 0.1) is 18.7 Å². The number of hydrogen-bond acceptors (Lipinski definition) is 4. The van der Waals surface area contributed by atoms with Crippen LogP contribution in [0.4, 0.5) is 23.8 Å². The molecule has 1 saturated heterocycles. The van der Waals surface area contributed by atoms with E-state index in [0.717, 1.165) is 12.3 Å². The van der Waals surface area contributed by atoms with E-state index in [1.807, 2.05) is 20.8 Å². The molecule has 25 heavy (non-hydrogen) atoms. The zero-order valence-electron chi connectivity index (χ0n) is 14.6. The fourth-order valence-electron chi connectivity index (χ4n) is 2.93. The van der Waals surface area contributed by atoms with E-state index in [1.54, 1.807) is 4.90 Å². The minimum atomic E-state index is -4.51. The van der Waals surface area contributed by atoms with Crippen LogP contribution in [0.2, 0.25) is 0 Å². The molecule has 0 aliphatic carbocycles. The molecule has 6 nitrogen and oxygen atoms in total. The molecule has 0 spiro atoms. The quantitative estimate of drug-likeness (QED) is 0.875. The topological polar surface area (TPSA) is 65.9 Å². The monoisotopic (exact) mass is 361 g/mol. The highest BCUT2D eigenvalue weighted by Gasteiger charge is 2.39. The summed E-state index contributed by atoms with van der Waals surface area (Å²) in [5.41, 5.74) is -1.22. The summed E-state index contributed by atoms with van der Waals surface area (Å²) in [5, 5.41) is 9.40. The van der Waals surface area contributed by atoms with Gasteiger partial charge in [0.1, 0.15) is 0 Å². The lowest BCUT2D eigenvalue weighted by molar-refractivity contribution is -0.137. The van der Waals surface area contributed by atoms with Gasteiger partial charge in [-0.15, -0.1) is 0 Å². The number of pyridine rings is 1. The van der Waals surface area contributed by atoms with Gasteiger partial charge in [-0.05, 0) is 11.5 Å². The SMILES string of the molecule is COc1cc(C(F)(F)F)cnc1N1CCN(C(=O)O)C(C(C)(C)C)C1. The third kappa shape index (κ3) is 4.08. The summed E-state index contributed by atoms with van der Waals surface area (Å²) < 4.78 is 43.7. The first-order valence-electron chi connectivity index (χ1n) is 7.81. The van der Waals surface area contributed by atoms with E-state index in [1.165, 1.54) is 12.0 Å². The zero-order chi connectivity index (χ0) is 19.0. The third-order valence-electron chi connectivity index (χ3n) is 4.31. The Bertz CT molecular complexity index is 644. The number of anilines is 1. The Labute approximate surface area is 144 Å². The van der Waals surface area contributed by atoms with E-state index >= 15 is 0 Å². The fourth-order valence-corrected chi connectivity index (χ4v) is 2.93. The highest BCUT2D eigenvalue weighted by Crippen LogP contribution is 2.37. The van der Waals surface area contributed by atoms with Crippen molar-refractivity contribution in [3.05, 3.63) is 17.8 Å². The number of rotatable bonds is 2. The molecule has 140 valence electrons. The van der Waals surface area contributed by atoms with Gasteiger partial charge in [0, 0.05) is 25.8 Å². The Morgan fingerprint density at radius 2 is 1.96 bits per heavy atom. The molecule has 1 aliphatic heterocycles. The Balaban J connectivity index is 2.34. The lowest BCUT2D eigenvalue weighted by Crippen LogP contribution is -2.59. The molecule has 1 unspecified atom stereocenters. The van der Waals surface area contributed by atoms with Gasteiger partial charge in [0.15, 0.2) is 11.6 Å². The summed E-state index contributed by atoms with van der Waals surface area (Å²) in [6, 6.07) is 0.588.